The topological polar surface area (TPSA) is 76.7 Å². The Morgan fingerprint density at radius 3 is 2.35 bits per heavy atom. The molecule has 2 aromatic rings. The molecule has 2 amide bonds. The first-order valence-corrected chi connectivity index (χ1v) is 6.97. The van der Waals surface area contributed by atoms with Gasteiger partial charge in [-0.2, -0.15) is 0 Å². The minimum Gasteiger partial charge on any atom is -0.497 e. The molecule has 1 atom stereocenters. The van der Waals surface area contributed by atoms with E-state index in [0.717, 1.165) is 0 Å². The number of carbonyl (C=O) groups is 2. The molecule has 0 spiro atoms. The molecular weight excluding hydrogens is 296 g/mol. The van der Waals surface area contributed by atoms with Crippen LogP contribution in [-0.2, 0) is 9.53 Å². The molecule has 0 heterocycles. The maximum absolute atomic E-state index is 12.2. The fraction of sp³-hybridized carbons (Fsp3) is 0.176. The molecule has 0 unspecified atom stereocenters. The van der Waals surface area contributed by atoms with Crippen molar-refractivity contribution in [2.75, 3.05) is 14.2 Å². The Labute approximate surface area is 134 Å². The third-order valence-corrected chi connectivity index (χ3v) is 3.21. The third-order valence-electron chi connectivity index (χ3n) is 3.21. The van der Waals surface area contributed by atoms with Crippen LogP contribution in [0.2, 0.25) is 0 Å². The summed E-state index contributed by atoms with van der Waals surface area (Å²) in [6.07, 6.45) is -0.804. The summed E-state index contributed by atoms with van der Waals surface area (Å²) in [5.41, 5.74) is 5.79. The Balaban J connectivity index is 1.98. The molecule has 0 aromatic heterocycles. The normalized spacial score (nSPS) is 11.4. The van der Waals surface area contributed by atoms with Gasteiger partial charge in [-0.3, -0.25) is 20.4 Å². The monoisotopic (exact) mass is 314 g/mol. The van der Waals surface area contributed by atoms with Crippen LogP contribution in [0.4, 0.5) is 0 Å². The molecule has 0 aliphatic heterocycles. The number of rotatable bonds is 5. The van der Waals surface area contributed by atoms with Crippen LogP contribution in [-0.4, -0.2) is 26.0 Å². The Kier molecular flexibility index (Phi) is 5.71. The average Bonchev–Trinajstić information content (AvgIpc) is 2.61. The number of carbonyl (C=O) groups excluding carboxylic acids is 2. The number of hydrazine groups is 1. The first kappa shape index (κ1) is 16.5. The molecule has 2 N–H and O–H groups in total. The number of hydrogen-bond donors (Lipinski definition) is 2. The van der Waals surface area contributed by atoms with Crippen molar-refractivity contribution in [1.29, 1.82) is 0 Å². The van der Waals surface area contributed by atoms with E-state index in [1.807, 2.05) is 18.2 Å². The van der Waals surface area contributed by atoms with E-state index < -0.39 is 17.9 Å². The van der Waals surface area contributed by atoms with Crippen LogP contribution in [0.5, 0.6) is 5.75 Å². The lowest BCUT2D eigenvalue weighted by atomic mass is 10.1. The Hall–Kier alpha value is -2.86. The second kappa shape index (κ2) is 7.95. The van der Waals surface area contributed by atoms with E-state index in [1.54, 1.807) is 36.4 Å². The molecule has 0 radical (unpaired) electrons. The fourth-order valence-corrected chi connectivity index (χ4v) is 2.04. The molecule has 0 aliphatic rings. The zero-order chi connectivity index (χ0) is 16.7. The first-order chi connectivity index (χ1) is 11.2. The zero-order valence-corrected chi connectivity index (χ0v) is 12.9. The summed E-state index contributed by atoms with van der Waals surface area (Å²) < 4.78 is 10.2. The number of benzene rings is 2. The van der Waals surface area contributed by atoms with Crippen molar-refractivity contribution >= 4 is 11.8 Å². The highest BCUT2D eigenvalue weighted by Gasteiger charge is 2.20. The molecule has 0 saturated carbocycles. The second-order valence-corrected chi connectivity index (χ2v) is 4.70. The van der Waals surface area contributed by atoms with E-state index >= 15 is 0 Å². The summed E-state index contributed by atoms with van der Waals surface area (Å²) in [7, 11) is 2.95. The smallest absolute Gasteiger partial charge is 0.272 e. The van der Waals surface area contributed by atoms with E-state index in [-0.39, 0.29) is 0 Å². The van der Waals surface area contributed by atoms with Crippen molar-refractivity contribution in [1.82, 2.24) is 10.9 Å². The predicted molar refractivity (Wildman–Crippen MR) is 84.8 cm³/mol. The molecule has 6 nitrogen and oxygen atoms in total. The molecule has 2 aromatic carbocycles. The maximum Gasteiger partial charge on any atom is 0.272 e. The van der Waals surface area contributed by atoms with Crippen LogP contribution >= 0.6 is 0 Å². The van der Waals surface area contributed by atoms with Crippen LogP contribution in [0.3, 0.4) is 0 Å². The van der Waals surface area contributed by atoms with E-state index in [4.69, 9.17) is 9.47 Å². The lowest BCUT2D eigenvalue weighted by molar-refractivity contribution is -0.132. The lowest BCUT2D eigenvalue weighted by Crippen LogP contribution is -2.44. The van der Waals surface area contributed by atoms with Crippen LogP contribution in [0.15, 0.2) is 54.6 Å². The molecule has 0 bridgehead atoms. The Morgan fingerprint density at radius 2 is 1.70 bits per heavy atom. The number of amides is 2. The van der Waals surface area contributed by atoms with Gasteiger partial charge in [0, 0.05) is 12.7 Å². The zero-order valence-electron chi connectivity index (χ0n) is 12.9. The van der Waals surface area contributed by atoms with Crippen LogP contribution < -0.4 is 15.6 Å². The van der Waals surface area contributed by atoms with Gasteiger partial charge in [-0.15, -0.1) is 0 Å². The number of nitrogens with one attached hydrogen (secondary N) is 2. The average molecular weight is 314 g/mol. The fourth-order valence-electron chi connectivity index (χ4n) is 2.04. The molecule has 120 valence electrons. The van der Waals surface area contributed by atoms with E-state index in [2.05, 4.69) is 10.9 Å². The summed E-state index contributed by atoms with van der Waals surface area (Å²) in [5.74, 6) is -0.349. The van der Waals surface area contributed by atoms with Gasteiger partial charge in [0.05, 0.1) is 7.11 Å². The second-order valence-electron chi connectivity index (χ2n) is 4.70. The van der Waals surface area contributed by atoms with Crippen LogP contribution in [0, 0.1) is 0 Å². The first-order valence-electron chi connectivity index (χ1n) is 6.97. The van der Waals surface area contributed by atoms with E-state index in [1.165, 1.54) is 14.2 Å². The summed E-state index contributed by atoms with van der Waals surface area (Å²) in [6.45, 7) is 0. The van der Waals surface area contributed by atoms with Gasteiger partial charge in [-0.25, -0.2) is 0 Å². The van der Waals surface area contributed by atoms with Crippen molar-refractivity contribution in [2.45, 2.75) is 6.10 Å². The van der Waals surface area contributed by atoms with Crippen LogP contribution in [0.1, 0.15) is 22.0 Å². The van der Waals surface area contributed by atoms with Crippen molar-refractivity contribution in [3.05, 3.63) is 65.7 Å². The lowest BCUT2D eigenvalue weighted by Gasteiger charge is -2.16. The van der Waals surface area contributed by atoms with Crippen molar-refractivity contribution in [2.24, 2.45) is 0 Å². The summed E-state index contributed by atoms with van der Waals surface area (Å²) >= 11 is 0. The van der Waals surface area contributed by atoms with Crippen molar-refractivity contribution in [3.63, 3.8) is 0 Å². The highest BCUT2D eigenvalue weighted by molar-refractivity contribution is 5.96. The number of ether oxygens (including phenoxy) is 2. The molecular formula is C17H18N2O4. The molecule has 23 heavy (non-hydrogen) atoms. The molecule has 6 heteroatoms. The molecule has 2 rings (SSSR count). The Morgan fingerprint density at radius 1 is 0.957 bits per heavy atom. The quantitative estimate of drug-likeness (QED) is 0.826. The third kappa shape index (κ3) is 4.31. The minimum absolute atomic E-state index is 0.373. The van der Waals surface area contributed by atoms with Gasteiger partial charge in [0.1, 0.15) is 5.75 Å². The maximum atomic E-state index is 12.2. The summed E-state index contributed by atoms with van der Waals surface area (Å²) in [6, 6.07) is 15.6. The molecule has 0 fully saturated rings. The largest absolute Gasteiger partial charge is 0.497 e. The van der Waals surface area contributed by atoms with E-state index in [0.29, 0.717) is 16.9 Å². The van der Waals surface area contributed by atoms with Gasteiger partial charge in [0.15, 0.2) is 6.10 Å². The number of hydrogen-bond acceptors (Lipinski definition) is 4. The van der Waals surface area contributed by atoms with Gasteiger partial charge in [0.2, 0.25) is 0 Å². The standard InChI is InChI=1S/C17H18N2O4/c1-22-14-10-6-9-13(11-14)16(20)18-19-17(21)15(23-2)12-7-4-3-5-8-12/h3-11,15H,1-2H3,(H,18,20)(H,19,21)/t15-/m1/s1. The molecule has 0 saturated heterocycles. The van der Waals surface area contributed by atoms with Crippen molar-refractivity contribution in [3.8, 4) is 5.75 Å². The highest BCUT2D eigenvalue weighted by atomic mass is 16.5. The SMILES string of the molecule is COc1cccc(C(=O)NNC(=O)[C@H](OC)c2ccccc2)c1. The Bertz CT molecular complexity index is 673. The number of methoxy groups -OCH3 is 2. The van der Waals surface area contributed by atoms with Gasteiger partial charge in [-0.05, 0) is 23.8 Å². The van der Waals surface area contributed by atoms with Crippen molar-refractivity contribution < 1.29 is 19.1 Å². The van der Waals surface area contributed by atoms with Crippen LogP contribution in [0.25, 0.3) is 0 Å². The van der Waals surface area contributed by atoms with Gasteiger partial charge < -0.3 is 9.47 Å². The summed E-state index contributed by atoms with van der Waals surface area (Å²) in [5, 5.41) is 0. The highest BCUT2D eigenvalue weighted by Crippen LogP contribution is 2.16. The van der Waals surface area contributed by atoms with Gasteiger partial charge >= 0.3 is 0 Å². The molecule has 0 aliphatic carbocycles. The van der Waals surface area contributed by atoms with Gasteiger partial charge in [0.25, 0.3) is 11.8 Å². The minimum atomic E-state index is -0.804. The van der Waals surface area contributed by atoms with Gasteiger partial charge in [-0.1, -0.05) is 36.4 Å². The summed E-state index contributed by atoms with van der Waals surface area (Å²) in [4.78, 5) is 24.2. The van der Waals surface area contributed by atoms with E-state index in [9.17, 15) is 9.59 Å². The predicted octanol–water partition coefficient (Wildman–Crippen LogP) is 1.84.